The van der Waals surface area contributed by atoms with E-state index in [2.05, 4.69) is 21.5 Å². The van der Waals surface area contributed by atoms with Gasteiger partial charge in [0.15, 0.2) is 0 Å². The fourth-order valence-electron chi connectivity index (χ4n) is 2.65. The highest BCUT2D eigenvalue weighted by atomic mass is 32.2. The maximum Gasteiger partial charge on any atom is 0.223 e. The first-order valence-electron chi connectivity index (χ1n) is 7.28. The molecule has 3 rings (SSSR count). The zero-order chi connectivity index (χ0) is 16.6. The number of anilines is 2. The Balaban J connectivity index is 2.16. The standard InChI is InChI=1S/C16H19N5OS/c1-4-21-14-12(13(17)19-16(18)20-14)9(2)15(21)23-11-7-5-6-10(8-11)22-3/h5-8H,4H2,1-3H3,(H4,17,18,19,20). The molecule has 0 bridgehead atoms. The van der Waals surface area contributed by atoms with Crippen LogP contribution in [0.4, 0.5) is 11.8 Å². The zero-order valence-electron chi connectivity index (χ0n) is 13.3. The van der Waals surface area contributed by atoms with Crippen molar-refractivity contribution in [3.05, 3.63) is 29.8 Å². The topological polar surface area (TPSA) is 92.0 Å². The van der Waals surface area contributed by atoms with Crippen molar-refractivity contribution in [3.63, 3.8) is 0 Å². The van der Waals surface area contributed by atoms with Crippen LogP contribution in [0.15, 0.2) is 34.2 Å². The number of ether oxygens (including phenoxy) is 1. The molecule has 2 aromatic heterocycles. The van der Waals surface area contributed by atoms with Crippen molar-refractivity contribution in [1.82, 2.24) is 14.5 Å². The molecule has 0 saturated heterocycles. The van der Waals surface area contributed by atoms with E-state index in [0.29, 0.717) is 5.82 Å². The maximum absolute atomic E-state index is 6.06. The molecule has 4 N–H and O–H groups in total. The molecule has 0 atom stereocenters. The first kappa shape index (κ1) is 15.5. The molecule has 0 aliphatic rings. The van der Waals surface area contributed by atoms with E-state index >= 15 is 0 Å². The average molecular weight is 329 g/mol. The number of aryl methyl sites for hydroxylation is 2. The highest BCUT2D eigenvalue weighted by Gasteiger charge is 2.19. The number of hydrogen-bond donors (Lipinski definition) is 2. The van der Waals surface area contributed by atoms with Crippen molar-refractivity contribution in [3.8, 4) is 5.75 Å². The number of methoxy groups -OCH3 is 1. The molecule has 0 aliphatic carbocycles. The van der Waals surface area contributed by atoms with Gasteiger partial charge in [0.05, 0.1) is 17.5 Å². The van der Waals surface area contributed by atoms with Crippen molar-refractivity contribution in [1.29, 1.82) is 0 Å². The number of nitrogens with zero attached hydrogens (tertiary/aromatic N) is 3. The van der Waals surface area contributed by atoms with Gasteiger partial charge in [-0.05, 0) is 37.6 Å². The van der Waals surface area contributed by atoms with Crippen LogP contribution in [0.25, 0.3) is 11.0 Å². The van der Waals surface area contributed by atoms with Gasteiger partial charge in [-0.1, -0.05) is 17.8 Å². The molecule has 0 aliphatic heterocycles. The van der Waals surface area contributed by atoms with Crippen LogP contribution < -0.4 is 16.2 Å². The maximum atomic E-state index is 6.06. The summed E-state index contributed by atoms with van der Waals surface area (Å²) in [7, 11) is 1.66. The van der Waals surface area contributed by atoms with E-state index in [-0.39, 0.29) is 5.95 Å². The third-order valence-corrected chi connectivity index (χ3v) is 4.91. The Hall–Kier alpha value is -2.41. The molecule has 0 fully saturated rings. The van der Waals surface area contributed by atoms with E-state index < -0.39 is 0 Å². The predicted octanol–water partition coefficient (Wildman–Crippen LogP) is 3.08. The van der Waals surface area contributed by atoms with Gasteiger partial charge in [-0.25, -0.2) is 0 Å². The molecular formula is C16H19N5OS. The van der Waals surface area contributed by atoms with Gasteiger partial charge in [-0.2, -0.15) is 9.97 Å². The van der Waals surface area contributed by atoms with Crippen LogP contribution in [0.2, 0.25) is 0 Å². The van der Waals surface area contributed by atoms with Crippen molar-refractivity contribution >= 4 is 34.6 Å². The van der Waals surface area contributed by atoms with Gasteiger partial charge >= 0.3 is 0 Å². The largest absolute Gasteiger partial charge is 0.497 e. The highest BCUT2D eigenvalue weighted by molar-refractivity contribution is 7.99. The van der Waals surface area contributed by atoms with Gasteiger partial charge in [-0.3, -0.25) is 0 Å². The molecule has 0 spiro atoms. The molecule has 2 heterocycles. The number of rotatable bonds is 4. The van der Waals surface area contributed by atoms with Gasteiger partial charge in [0.1, 0.15) is 17.2 Å². The second-order valence-corrected chi connectivity index (χ2v) is 6.18. The highest BCUT2D eigenvalue weighted by Crippen LogP contribution is 2.38. The summed E-state index contributed by atoms with van der Waals surface area (Å²) in [6.45, 7) is 4.88. The van der Waals surface area contributed by atoms with E-state index in [0.717, 1.165) is 38.8 Å². The third-order valence-electron chi connectivity index (χ3n) is 3.70. The minimum absolute atomic E-state index is 0.195. The minimum Gasteiger partial charge on any atom is -0.497 e. The number of nitrogen functional groups attached to an aromatic ring is 2. The predicted molar refractivity (Wildman–Crippen MR) is 93.9 cm³/mol. The first-order chi connectivity index (χ1) is 11.0. The Morgan fingerprint density at radius 1 is 1.26 bits per heavy atom. The van der Waals surface area contributed by atoms with Gasteiger partial charge in [0, 0.05) is 11.4 Å². The van der Waals surface area contributed by atoms with Gasteiger partial charge in [0.25, 0.3) is 0 Å². The molecule has 0 radical (unpaired) electrons. The summed E-state index contributed by atoms with van der Waals surface area (Å²) < 4.78 is 7.41. The summed E-state index contributed by atoms with van der Waals surface area (Å²) in [5, 5.41) is 1.95. The number of fused-ring (bicyclic) bond motifs is 1. The van der Waals surface area contributed by atoms with Crippen LogP contribution in [-0.2, 0) is 6.54 Å². The number of aromatic nitrogens is 3. The van der Waals surface area contributed by atoms with E-state index in [1.54, 1.807) is 18.9 Å². The smallest absolute Gasteiger partial charge is 0.223 e. The number of nitrogens with two attached hydrogens (primary N) is 2. The van der Waals surface area contributed by atoms with Crippen LogP contribution >= 0.6 is 11.8 Å². The van der Waals surface area contributed by atoms with E-state index in [4.69, 9.17) is 16.2 Å². The molecular weight excluding hydrogens is 310 g/mol. The average Bonchev–Trinajstić information content (AvgIpc) is 2.79. The van der Waals surface area contributed by atoms with Crippen LogP contribution in [0.1, 0.15) is 12.5 Å². The second-order valence-electron chi connectivity index (χ2n) is 5.12. The summed E-state index contributed by atoms with van der Waals surface area (Å²) in [5.74, 6) is 1.44. The van der Waals surface area contributed by atoms with Crippen LogP contribution in [0, 0.1) is 6.92 Å². The van der Waals surface area contributed by atoms with Crippen molar-refractivity contribution in [2.24, 2.45) is 0 Å². The molecule has 23 heavy (non-hydrogen) atoms. The lowest BCUT2D eigenvalue weighted by atomic mass is 10.2. The lowest BCUT2D eigenvalue weighted by molar-refractivity contribution is 0.413. The number of benzene rings is 1. The second kappa shape index (κ2) is 6.00. The molecule has 1 aromatic carbocycles. The van der Waals surface area contributed by atoms with Crippen molar-refractivity contribution in [2.45, 2.75) is 30.3 Å². The van der Waals surface area contributed by atoms with Gasteiger partial charge < -0.3 is 20.8 Å². The zero-order valence-corrected chi connectivity index (χ0v) is 14.1. The van der Waals surface area contributed by atoms with E-state index in [9.17, 15) is 0 Å². The van der Waals surface area contributed by atoms with E-state index in [1.165, 1.54) is 0 Å². The fraction of sp³-hybridized carbons (Fsp3) is 0.250. The molecule has 0 unspecified atom stereocenters. The normalized spacial score (nSPS) is 11.1. The fourth-order valence-corrected chi connectivity index (χ4v) is 3.77. The van der Waals surface area contributed by atoms with Gasteiger partial charge in [0.2, 0.25) is 5.95 Å². The van der Waals surface area contributed by atoms with Crippen LogP contribution in [0.5, 0.6) is 5.75 Å². The Kier molecular flexibility index (Phi) is 4.04. The Labute approximate surface area is 138 Å². The van der Waals surface area contributed by atoms with Crippen LogP contribution in [0.3, 0.4) is 0 Å². The molecule has 3 aromatic rings. The summed E-state index contributed by atoms with van der Waals surface area (Å²) in [6.07, 6.45) is 0. The lowest BCUT2D eigenvalue weighted by Crippen LogP contribution is -2.03. The van der Waals surface area contributed by atoms with Crippen LogP contribution in [-0.4, -0.2) is 21.6 Å². The van der Waals surface area contributed by atoms with Gasteiger partial charge in [-0.15, -0.1) is 0 Å². The molecule has 6 nitrogen and oxygen atoms in total. The monoisotopic (exact) mass is 329 g/mol. The summed E-state index contributed by atoms with van der Waals surface area (Å²) >= 11 is 1.65. The third kappa shape index (κ3) is 2.68. The Morgan fingerprint density at radius 2 is 2.04 bits per heavy atom. The quantitative estimate of drug-likeness (QED) is 0.764. The number of hydrogen-bond acceptors (Lipinski definition) is 6. The molecule has 120 valence electrons. The summed E-state index contributed by atoms with van der Waals surface area (Å²) in [6, 6.07) is 7.96. The van der Waals surface area contributed by atoms with E-state index in [1.807, 2.05) is 31.2 Å². The lowest BCUT2D eigenvalue weighted by Gasteiger charge is -2.09. The SMILES string of the molecule is CCn1c(Sc2cccc(OC)c2)c(C)c2c(N)nc(N)nc21. The van der Waals surface area contributed by atoms with Crippen molar-refractivity contribution in [2.75, 3.05) is 18.6 Å². The Morgan fingerprint density at radius 3 is 2.74 bits per heavy atom. The Bertz CT molecular complexity index is 875. The minimum atomic E-state index is 0.195. The molecule has 0 amide bonds. The molecule has 0 saturated carbocycles. The van der Waals surface area contributed by atoms with Crippen molar-refractivity contribution < 1.29 is 4.74 Å². The molecule has 7 heteroatoms. The first-order valence-corrected chi connectivity index (χ1v) is 8.10. The summed E-state index contributed by atoms with van der Waals surface area (Å²) in [4.78, 5) is 9.55. The summed E-state index contributed by atoms with van der Waals surface area (Å²) in [5.41, 5.74) is 13.7.